The fraction of sp³-hybridized carbons (Fsp3) is 0.600. The third kappa shape index (κ3) is 1.27. The predicted octanol–water partition coefficient (Wildman–Crippen LogP) is 2.96. The van der Waals surface area contributed by atoms with E-state index in [1.54, 1.807) is 11.1 Å². The lowest BCUT2D eigenvalue weighted by Gasteiger charge is -2.49. The van der Waals surface area contributed by atoms with Gasteiger partial charge in [-0.25, -0.2) is 0 Å². The Balaban J connectivity index is 1.88. The Morgan fingerprint density at radius 2 is 2.06 bits per heavy atom. The molecule has 1 aromatic rings. The first kappa shape index (κ1) is 10.3. The van der Waals surface area contributed by atoms with E-state index in [-0.39, 0.29) is 0 Å². The maximum absolute atomic E-state index is 3.69. The molecule has 0 heterocycles. The molecule has 1 heteroatoms. The minimum atomic E-state index is 0.771. The number of benzene rings is 1. The van der Waals surface area contributed by atoms with Crippen molar-refractivity contribution >= 4 is 0 Å². The Kier molecular flexibility index (Phi) is 2.51. The van der Waals surface area contributed by atoms with Crippen molar-refractivity contribution < 1.29 is 0 Å². The van der Waals surface area contributed by atoms with E-state index in [1.807, 2.05) is 0 Å². The van der Waals surface area contributed by atoms with E-state index in [1.165, 1.54) is 12.8 Å². The van der Waals surface area contributed by atoms with Gasteiger partial charge in [0.05, 0.1) is 0 Å². The third-order valence-electron chi connectivity index (χ3n) is 4.63. The molecule has 1 nitrogen and oxygen atoms in total. The molecule has 16 heavy (non-hydrogen) atoms. The van der Waals surface area contributed by atoms with Crippen LogP contribution in [0.25, 0.3) is 0 Å². The van der Waals surface area contributed by atoms with E-state index >= 15 is 0 Å². The number of nitrogens with one attached hydrogen (secondary N) is 1. The van der Waals surface area contributed by atoms with Crippen LogP contribution in [0.3, 0.4) is 0 Å². The molecule has 0 spiro atoms. The summed E-state index contributed by atoms with van der Waals surface area (Å²) in [5, 5.41) is 3.69. The molecule has 0 aliphatic heterocycles. The van der Waals surface area contributed by atoms with Crippen molar-refractivity contribution in [3.63, 3.8) is 0 Å². The van der Waals surface area contributed by atoms with Crippen molar-refractivity contribution in [2.75, 3.05) is 6.54 Å². The van der Waals surface area contributed by atoms with Gasteiger partial charge in [0.15, 0.2) is 0 Å². The molecule has 1 N–H and O–H groups in total. The summed E-state index contributed by atoms with van der Waals surface area (Å²) in [4.78, 5) is 0. The van der Waals surface area contributed by atoms with E-state index in [0.717, 1.165) is 30.3 Å². The zero-order valence-corrected chi connectivity index (χ0v) is 10.2. The Morgan fingerprint density at radius 1 is 1.25 bits per heavy atom. The van der Waals surface area contributed by atoms with Gasteiger partial charge >= 0.3 is 0 Å². The first-order valence-corrected chi connectivity index (χ1v) is 6.68. The first-order valence-electron chi connectivity index (χ1n) is 6.68. The zero-order chi connectivity index (χ0) is 11.1. The Labute approximate surface area is 98.3 Å². The van der Waals surface area contributed by atoms with Crippen LogP contribution in [0.2, 0.25) is 0 Å². The van der Waals surface area contributed by atoms with Crippen LogP contribution >= 0.6 is 0 Å². The summed E-state index contributed by atoms with van der Waals surface area (Å²) < 4.78 is 0. The van der Waals surface area contributed by atoms with E-state index in [9.17, 15) is 0 Å². The lowest BCUT2D eigenvalue weighted by Crippen LogP contribution is -2.55. The van der Waals surface area contributed by atoms with Gasteiger partial charge in [-0.3, -0.25) is 0 Å². The van der Waals surface area contributed by atoms with Gasteiger partial charge in [0.25, 0.3) is 0 Å². The lowest BCUT2D eigenvalue weighted by molar-refractivity contribution is 0.0810. The second-order valence-corrected chi connectivity index (χ2v) is 5.25. The number of rotatable bonds is 3. The topological polar surface area (TPSA) is 12.0 Å². The molecule has 1 fully saturated rings. The minimum absolute atomic E-state index is 0.771. The van der Waals surface area contributed by atoms with Crippen molar-refractivity contribution in [1.29, 1.82) is 0 Å². The van der Waals surface area contributed by atoms with E-state index in [4.69, 9.17) is 0 Å². The van der Waals surface area contributed by atoms with Crippen LogP contribution < -0.4 is 5.32 Å². The fourth-order valence-corrected chi connectivity index (χ4v) is 4.00. The molecule has 2 aliphatic rings. The molecule has 0 amide bonds. The predicted molar refractivity (Wildman–Crippen MR) is 67.6 cm³/mol. The van der Waals surface area contributed by atoms with Gasteiger partial charge < -0.3 is 5.32 Å². The Morgan fingerprint density at radius 3 is 2.81 bits per heavy atom. The maximum atomic E-state index is 3.69. The molecule has 1 aromatic carbocycles. The molecule has 0 radical (unpaired) electrons. The SMILES string of the molecule is CCNC1C(CC)C2c3ccccc3CC12. The molecular formula is C15H21N. The number of fused-ring (bicyclic) bond motifs is 3. The molecule has 2 aliphatic carbocycles. The van der Waals surface area contributed by atoms with Crippen LogP contribution in [0.1, 0.15) is 37.3 Å². The third-order valence-corrected chi connectivity index (χ3v) is 4.63. The molecule has 1 saturated carbocycles. The van der Waals surface area contributed by atoms with Gasteiger partial charge in [-0.2, -0.15) is 0 Å². The standard InChI is InChI=1S/C15H21N/c1-3-11-14-12-8-6-5-7-10(12)9-13(14)15(11)16-4-2/h5-8,11,13-16H,3-4,9H2,1-2H3. The van der Waals surface area contributed by atoms with E-state index in [2.05, 4.69) is 43.4 Å². The summed E-state index contributed by atoms with van der Waals surface area (Å²) >= 11 is 0. The monoisotopic (exact) mass is 215 g/mol. The molecule has 4 atom stereocenters. The highest BCUT2D eigenvalue weighted by Crippen LogP contribution is 2.56. The zero-order valence-electron chi connectivity index (χ0n) is 10.2. The quantitative estimate of drug-likeness (QED) is 0.817. The molecular weight excluding hydrogens is 194 g/mol. The summed E-state index contributed by atoms with van der Waals surface area (Å²) in [5.74, 6) is 2.60. The highest BCUT2D eigenvalue weighted by Gasteiger charge is 2.52. The van der Waals surface area contributed by atoms with Crippen LogP contribution in [0, 0.1) is 11.8 Å². The van der Waals surface area contributed by atoms with E-state index in [0.29, 0.717) is 0 Å². The maximum Gasteiger partial charge on any atom is 0.0138 e. The van der Waals surface area contributed by atoms with Crippen molar-refractivity contribution in [2.24, 2.45) is 11.8 Å². The summed E-state index contributed by atoms with van der Waals surface area (Å²) in [6.45, 7) is 5.68. The van der Waals surface area contributed by atoms with Gasteiger partial charge in [0, 0.05) is 6.04 Å². The largest absolute Gasteiger partial charge is 0.314 e. The smallest absolute Gasteiger partial charge is 0.0138 e. The highest BCUT2D eigenvalue weighted by molar-refractivity contribution is 5.41. The molecule has 0 aromatic heterocycles. The summed E-state index contributed by atoms with van der Waals surface area (Å²) in [7, 11) is 0. The average Bonchev–Trinajstić information content (AvgIpc) is 2.63. The van der Waals surface area contributed by atoms with Gasteiger partial charge in [-0.1, -0.05) is 44.5 Å². The van der Waals surface area contributed by atoms with Gasteiger partial charge in [-0.15, -0.1) is 0 Å². The number of hydrogen-bond acceptors (Lipinski definition) is 1. The number of hydrogen-bond donors (Lipinski definition) is 1. The first-order chi connectivity index (χ1) is 7.86. The molecule has 86 valence electrons. The fourth-order valence-electron chi connectivity index (χ4n) is 4.00. The van der Waals surface area contributed by atoms with Crippen LogP contribution in [0.15, 0.2) is 24.3 Å². The van der Waals surface area contributed by atoms with Gasteiger partial charge in [0.1, 0.15) is 0 Å². The van der Waals surface area contributed by atoms with Crippen LogP contribution in [0.4, 0.5) is 0 Å². The summed E-state index contributed by atoms with van der Waals surface area (Å²) in [6.07, 6.45) is 2.61. The Bertz CT molecular complexity index is 379. The lowest BCUT2D eigenvalue weighted by atomic mass is 9.60. The summed E-state index contributed by atoms with van der Waals surface area (Å²) in [6, 6.07) is 9.84. The second-order valence-electron chi connectivity index (χ2n) is 5.25. The molecule has 3 rings (SSSR count). The van der Waals surface area contributed by atoms with E-state index < -0.39 is 0 Å². The Hall–Kier alpha value is -0.820. The molecule has 4 unspecified atom stereocenters. The van der Waals surface area contributed by atoms with Crippen molar-refractivity contribution in [3.05, 3.63) is 35.4 Å². The van der Waals surface area contributed by atoms with Crippen molar-refractivity contribution in [2.45, 2.75) is 38.6 Å². The summed E-state index contributed by atoms with van der Waals surface area (Å²) in [5.41, 5.74) is 3.25. The normalized spacial score (nSPS) is 35.4. The van der Waals surface area contributed by atoms with Crippen molar-refractivity contribution in [1.82, 2.24) is 5.32 Å². The second kappa shape index (κ2) is 3.89. The molecule has 0 bridgehead atoms. The van der Waals surface area contributed by atoms with Gasteiger partial charge in [-0.05, 0) is 41.8 Å². The minimum Gasteiger partial charge on any atom is -0.314 e. The van der Waals surface area contributed by atoms with Crippen LogP contribution in [-0.2, 0) is 6.42 Å². The van der Waals surface area contributed by atoms with Crippen LogP contribution in [-0.4, -0.2) is 12.6 Å². The average molecular weight is 215 g/mol. The van der Waals surface area contributed by atoms with Crippen LogP contribution in [0.5, 0.6) is 0 Å². The molecule has 0 saturated heterocycles. The highest BCUT2D eigenvalue weighted by atomic mass is 15.0. The van der Waals surface area contributed by atoms with Crippen molar-refractivity contribution in [3.8, 4) is 0 Å². The van der Waals surface area contributed by atoms with Gasteiger partial charge in [0.2, 0.25) is 0 Å².